The fraction of sp³-hybridized carbons (Fsp3) is 0.389. The molecule has 2 aromatic rings. The molecule has 1 heterocycles. The lowest BCUT2D eigenvalue weighted by Gasteiger charge is -2.14. The van der Waals surface area contributed by atoms with E-state index in [2.05, 4.69) is 5.10 Å². The van der Waals surface area contributed by atoms with Crippen molar-refractivity contribution in [3.8, 4) is 0 Å². The smallest absolute Gasteiger partial charge is 0.245 e. The Bertz CT molecular complexity index is 1020. The molecule has 0 aliphatic heterocycles. The van der Waals surface area contributed by atoms with E-state index >= 15 is 0 Å². The Hall–Kier alpha value is -1.88. The van der Waals surface area contributed by atoms with Crippen molar-refractivity contribution in [1.29, 1.82) is 0 Å². The number of hydrogen-bond acceptors (Lipinski definition) is 4. The Morgan fingerprint density at radius 3 is 2.41 bits per heavy atom. The van der Waals surface area contributed by atoms with Crippen molar-refractivity contribution in [2.75, 3.05) is 20.6 Å². The summed E-state index contributed by atoms with van der Waals surface area (Å²) in [5.41, 5.74) is 7.03. The van der Waals surface area contributed by atoms with Gasteiger partial charge in [-0.25, -0.2) is 25.9 Å². The molecule has 0 unspecified atom stereocenters. The Kier molecular flexibility index (Phi) is 8.46. The second-order valence-electron chi connectivity index (χ2n) is 6.53. The number of aromatic nitrogens is 2. The molecule has 6 nitrogen and oxygen atoms in total. The van der Waals surface area contributed by atoms with Crippen LogP contribution in [0.3, 0.4) is 0 Å². The molecule has 162 valence electrons. The molecular weight excluding hydrogens is 429 g/mol. The summed E-state index contributed by atoms with van der Waals surface area (Å²) in [6, 6.07) is 1.51. The number of halogens is 4. The molecular formula is C18H24ClF3N4O2S. The van der Waals surface area contributed by atoms with E-state index in [0.717, 1.165) is 10.4 Å². The number of nitrogens with zero attached hydrogens (tertiary/aromatic N) is 3. The highest BCUT2D eigenvalue weighted by Crippen LogP contribution is 2.24. The number of hydrogen-bond donors (Lipinski definition) is 1. The predicted octanol–water partition coefficient (Wildman–Crippen LogP) is 2.85. The van der Waals surface area contributed by atoms with Gasteiger partial charge in [0, 0.05) is 43.9 Å². The minimum absolute atomic E-state index is 0. The molecule has 0 spiro atoms. The Morgan fingerprint density at radius 1 is 1.24 bits per heavy atom. The van der Waals surface area contributed by atoms with Crippen LogP contribution in [0, 0.1) is 25.5 Å². The monoisotopic (exact) mass is 452 g/mol. The second-order valence-corrected chi connectivity index (χ2v) is 8.65. The van der Waals surface area contributed by atoms with Crippen molar-refractivity contribution in [3.05, 3.63) is 58.2 Å². The third-order valence-electron chi connectivity index (χ3n) is 4.40. The van der Waals surface area contributed by atoms with Gasteiger partial charge in [0.1, 0.15) is 22.4 Å². The van der Waals surface area contributed by atoms with Crippen LogP contribution in [0.2, 0.25) is 0 Å². The number of nitrogens with two attached hydrogens (primary N) is 1. The van der Waals surface area contributed by atoms with Crippen molar-refractivity contribution < 1.29 is 21.6 Å². The SMILES string of the molecule is Cc1nn(Cc2cc(F)c(S(=O)(=O)N(C)C)cc2F)c(C)c1CC(F)=CCN.Cl. The maximum absolute atomic E-state index is 14.5. The first-order chi connectivity index (χ1) is 13.0. The summed E-state index contributed by atoms with van der Waals surface area (Å²) in [4.78, 5) is -0.734. The van der Waals surface area contributed by atoms with Crippen LogP contribution in [0.1, 0.15) is 22.5 Å². The number of sulfonamides is 1. The van der Waals surface area contributed by atoms with Gasteiger partial charge >= 0.3 is 0 Å². The van der Waals surface area contributed by atoms with E-state index in [-0.39, 0.29) is 37.5 Å². The van der Waals surface area contributed by atoms with Crippen molar-refractivity contribution in [3.63, 3.8) is 0 Å². The summed E-state index contributed by atoms with van der Waals surface area (Å²) < 4.78 is 69.0. The Balaban J connectivity index is 0.00000420. The van der Waals surface area contributed by atoms with Gasteiger partial charge in [-0.1, -0.05) is 0 Å². The van der Waals surface area contributed by atoms with Gasteiger partial charge in [0.05, 0.1) is 12.2 Å². The van der Waals surface area contributed by atoms with Gasteiger partial charge in [0.15, 0.2) is 0 Å². The zero-order chi connectivity index (χ0) is 21.2. The van der Waals surface area contributed by atoms with Crippen LogP contribution in [-0.2, 0) is 23.0 Å². The quantitative estimate of drug-likeness (QED) is 0.700. The Morgan fingerprint density at radius 2 is 1.86 bits per heavy atom. The number of allylic oxidation sites excluding steroid dienone is 1. The summed E-state index contributed by atoms with van der Waals surface area (Å²) in [7, 11) is -1.65. The standard InChI is InChI=1S/C18H23F3N4O2S.ClH/c1-11-15(8-14(19)5-6-22)12(2)25(23-11)10-13-7-17(21)18(9-16(13)20)28(26,27)24(3)4;/h5,7,9H,6,8,10,22H2,1-4H3;1H. The highest BCUT2D eigenvalue weighted by atomic mass is 35.5. The maximum Gasteiger partial charge on any atom is 0.245 e. The number of aryl methyl sites for hydroxylation is 1. The zero-order valence-corrected chi connectivity index (χ0v) is 18.2. The van der Waals surface area contributed by atoms with E-state index in [1.165, 1.54) is 24.9 Å². The predicted molar refractivity (Wildman–Crippen MR) is 107 cm³/mol. The topological polar surface area (TPSA) is 81.2 Å². The number of rotatable bonds is 7. The minimum Gasteiger partial charge on any atom is -0.327 e. The van der Waals surface area contributed by atoms with Crippen molar-refractivity contribution in [1.82, 2.24) is 14.1 Å². The normalized spacial score (nSPS) is 12.4. The summed E-state index contributed by atoms with van der Waals surface area (Å²) in [5.74, 6) is -2.32. The van der Waals surface area contributed by atoms with Gasteiger partial charge in [-0.2, -0.15) is 5.10 Å². The minimum atomic E-state index is -4.11. The molecule has 29 heavy (non-hydrogen) atoms. The van der Waals surface area contributed by atoms with E-state index in [4.69, 9.17) is 5.73 Å². The molecule has 0 saturated heterocycles. The molecule has 0 radical (unpaired) electrons. The summed E-state index contributed by atoms with van der Waals surface area (Å²) in [6.07, 6.45) is 1.26. The highest BCUT2D eigenvalue weighted by molar-refractivity contribution is 7.89. The second kappa shape index (κ2) is 9.75. The van der Waals surface area contributed by atoms with Crippen molar-refractivity contribution in [2.45, 2.75) is 31.7 Å². The van der Waals surface area contributed by atoms with Gasteiger partial charge in [-0.3, -0.25) is 4.68 Å². The average molecular weight is 453 g/mol. The molecule has 0 bridgehead atoms. The van der Waals surface area contributed by atoms with Crippen molar-refractivity contribution >= 4 is 22.4 Å². The van der Waals surface area contributed by atoms with Gasteiger partial charge < -0.3 is 5.73 Å². The molecule has 0 aliphatic carbocycles. The Labute approximate surface area is 174 Å². The summed E-state index contributed by atoms with van der Waals surface area (Å²) in [5, 5.41) is 4.26. The maximum atomic E-state index is 14.5. The highest BCUT2D eigenvalue weighted by Gasteiger charge is 2.24. The first kappa shape index (κ1) is 25.2. The molecule has 2 N–H and O–H groups in total. The third kappa shape index (κ3) is 5.39. The molecule has 1 aromatic heterocycles. The summed E-state index contributed by atoms with van der Waals surface area (Å²) >= 11 is 0. The van der Waals surface area contributed by atoms with Crippen LogP contribution < -0.4 is 5.73 Å². The average Bonchev–Trinajstić information content (AvgIpc) is 2.85. The molecule has 11 heteroatoms. The molecule has 0 fully saturated rings. The molecule has 0 atom stereocenters. The van der Waals surface area contributed by atoms with Crippen LogP contribution in [-0.4, -0.2) is 43.1 Å². The van der Waals surface area contributed by atoms with Crippen LogP contribution in [0.5, 0.6) is 0 Å². The van der Waals surface area contributed by atoms with Crippen LogP contribution in [0.25, 0.3) is 0 Å². The van der Waals surface area contributed by atoms with Gasteiger partial charge in [0.2, 0.25) is 10.0 Å². The van der Waals surface area contributed by atoms with Crippen LogP contribution in [0.4, 0.5) is 13.2 Å². The van der Waals surface area contributed by atoms with E-state index < -0.39 is 32.4 Å². The van der Waals surface area contributed by atoms with Gasteiger partial charge in [-0.15, -0.1) is 12.4 Å². The molecule has 0 amide bonds. The van der Waals surface area contributed by atoms with E-state index in [1.54, 1.807) is 13.8 Å². The van der Waals surface area contributed by atoms with Gasteiger partial charge in [0.25, 0.3) is 0 Å². The molecule has 0 saturated carbocycles. The molecule has 2 rings (SSSR count). The first-order valence-corrected chi connectivity index (χ1v) is 9.91. The summed E-state index contributed by atoms with van der Waals surface area (Å²) in [6.45, 7) is 3.34. The van der Waals surface area contributed by atoms with Crippen LogP contribution >= 0.6 is 12.4 Å². The lowest BCUT2D eigenvalue weighted by molar-refractivity contribution is 0.499. The largest absolute Gasteiger partial charge is 0.327 e. The first-order valence-electron chi connectivity index (χ1n) is 8.47. The van der Waals surface area contributed by atoms with E-state index in [9.17, 15) is 21.6 Å². The fourth-order valence-corrected chi connectivity index (χ4v) is 3.71. The molecule has 0 aliphatic rings. The third-order valence-corrected chi connectivity index (χ3v) is 6.23. The molecule has 1 aromatic carbocycles. The zero-order valence-electron chi connectivity index (χ0n) is 16.5. The lowest BCUT2D eigenvalue weighted by Crippen LogP contribution is -2.23. The van der Waals surface area contributed by atoms with Crippen molar-refractivity contribution in [2.24, 2.45) is 5.73 Å². The van der Waals surface area contributed by atoms with Gasteiger partial charge in [-0.05, 0) is 32.1 Å². The fourth-order valence-electron chi connectivity index (χ4n) is 2.76. The van der Waals surface area contributed by atoms with Crippen LogP contribution in [0.15, 0.2) is 28.9 Å². The van der Waals surface area contributed by atoms with E-state index in [0.29, 0.717) is 23.0 Å². The number of benzene rings is 1. The van der Waals surface area contributed by atoms with E-state index in [1.807, 2.05) is 0 Å². The lowest BCUT2D eigenvalue weighted by atomic mass is 10.1.